The summed E-state index contributed by atoms with van der Waals surface area (Å²) < 4.78 is 21.3. The van der Waals surface area contributed by atoms with Crippen LogP contribution in [0.25, 0.3) is 0 Å². The Kier molecular flexibility index (Phi) is 7.80. The summed E-state index contributed by atoms with van der Waals surface area (Å²) in [6, 6.07) is 18.7. The van der Waals surface area contributed by atoms with Crippen LogP contribution in [-0.4, -0.2) is 40.9 Å². The summed E-state index contributed by atoms with van der Waals surface area (Å²) in [7, 11) is 6.33. The van der Waals surface area contributed by atoms with Crippen molar-refractivity contribution >= 4 is 17.3 Å². The van der Waals surface area contributed by atoms with Gasteiger partial charge in [-0.05, 0) is 42.3 Å². The highest BCUT2D eigenvalue weighted by molar-refractivity contribution is 5.95. The fourth-order valence-corrected chi connectivity index (χ4v) is 3.27. The monoisotopic (exact) mass is 436 g/mol. The van der Waals surface area contributed by atoms with Crippen molar-refractivity contribution in [3.63, 3.8) is 0 Å². The number of benzene rings is 3. The fourth-order valence-electron chi connectivity index (χ4n) is 3.27. The van der Waals surface area contributed by atoms with Gasteiger partial charge in [-0.1, -0.05) is 18.2 Å². The molecule has 0 radical (unpaired) electrons. The summed E-state index contributed by atoms with van der Waals surface area (Å²) >= 11 is 0. The Labute approximate surface area is 188 Å². The molecule has 32 heavy (non-hydrogen) atoms. The highest BCUT2D eigenvalue weighted by atomic mass is 16.5. The van der Waals surface area contributed by atoms with Gasteiger partial charge in [0.05, 0.1) is 28.4 Å². The first-order chi connectivity index (χ1) is 15.6. The standard InChI is InChI=1S/C25H28N2O5/c1-29-21-10-8-17(9-11-21)12-13-26-25(28)18-6-5-7-19(14-18)27-20-15-22(30-2)24(32-4)23(16-20)31-3/h5-11,14-16,27H,12-13H2,1-4H3,(H,26,28). The maximum absolute atomic E-state index is 12.6. The van der Waals surface area contributed by atoms with Gasteiger partial charge in [0, 0.05) is 35.6 Å². The van der Waals surface area contributed by atoms with E-state index in [4.69, 9.17) is 18.9 Å². The molecule has 3 aromatic carbocycles. The molecule has 168 valence electrons. The predicted molar refractivity (Wildman–Crippen MR) is 125 cm³/mol. The summed E-state index contributed by atoms with van der Waals surface area (Å²) in [6.45, 7) is 0.537. The molecule has 2 N–H and O–H groups in total. The number of hydrogen-bond donors (Lipinski definition) is 2. The average Bonchev–Trinajstić information content (AvgIpc) is 2.83. The molecule has 1 amide bonds. The molecule has 0 fully saturated rings. The second kappa shape index (κ2) is 10.9. The van der Waals surface area contributed by atoms with E-state index < -0.39 is 0 Å². The van der Waals surface area contributed by atoms with Crippen molar-refractivity contribution in [3.05, 3.63) is 71.8 Å². The quantitative estimate of drug-likeness (QED) is 0.489. The summed E-state index contributed by atoms with van der Waals surface area (Å²) in [5, 5.41) is 6.25. The molecule has 0 aromatic heterocycles. The topological polar surface area (TPSA) is 78.1 Å². The molecule has 0 aliphatic carbocycles. The lowest BCUT2D eigenvalue weighted by Gasteiger charge is -2.15. The van der Waals surface area contributed by atoms with E-state index in [1.165, 1.54) is 0 Å². The Morgan fingerprint density at radius 1 is 0.781 bits per heavy atom. The zero-order valence-corrected chi connectivity index (χ0v) is 18.7. The molecule has 0 aliphatic rings. The lowest BCUT2D eigenvalue weighted by Crippen LogP contribution is -2.25. The third kappa shape index (κ3) is 5.63. The van der Waals surface area contributed by atoms with Crippen LogP contribution >= 0.6 is 0 Å². The molecular weight excluding hydrogens is 408 g/mol. The van der Waals surface area contributed by atoms with Gasteiger partial charge in [-0.15, -0.1) is 0 Å². The van der Waals surface area contributed by atoms with Crippen molar-refractivity contribution in [2.24, 2.45) is 0 Å². The molecule has 0 spiro atoms. The van der Waals surface area contributed by atoms with Crippen LogP contribution in [0, 0.1) is 0 Å². The van der Waals surface area contributed by atoms with E-state index >= 15 is 0 Å². The zero-order chi connectivity index (χ0) is 22.9. The minimum Gasteiger partial charge on any atom is -0.497 e. The SMILES string of the molecule is COc1ccc(CCNC(=O)c2cccc(Nc3cc(OC)c(OC)c(OC)c3)c2)cc1. The van der Waals surface area contributed by atoms with E-state index in [0.717, 1.165) is 29.1 Å². The number of nitrogens with one attached hydrogen (secondary N) is 2. The van der Waals surface area contributed by atoms with Crippen LogP contribution < -0.4 is 29.6 Å². The summed E-state index contributed by atoms with van der Waals surface area (Å²) in [6.07, 6.45) is 0.735. The first kappa shape index (κ1) is 22.8. The predicted octanol–water partition coefficient (Wildman–Crippen LogP) is 4.44. The van der Waals surface area contributed by atoms with Crippen molar-refractivity contribution in [1.29, 1.82) is 0 Å². The van der Waals surface area contributed by atoms with Crippen LogP contribution in [0.3, 0.4) is 0 Å². The van der Waals surface area contributed by atoms with Gasteiger partial charge in [-0.25, -0.2) is 0 Å². The number of rotatable bonds is 10. The van der Waals surface area contributed by atoms with Crippen LogP contribution in [0.5, 0.6) is 23.0 Å². The summed E-state index contributed by atoms with van der Waals surface area (Å²) in [4.78, 5) is 12.6. The van der Waals surface area contributed by atoms with Gasteiger partial charge >= 0.3 is 0 Å². The van der Waals surface area contributed by atoms with Crippen LogP contribution in [0.15, 0.2) is 60.7 Å². The summed E-state index contributed by atoms with van der Waals surface area (Å²) in [5.41, 5.74) is 3.21. The van der Waals surface area contributed by atoms with E-state index in [9.17, 15) is 4.79 Å². The Hall–Kier alpha value is -3.87. The molecular formula is C25H28N2O5. The van der Waals surface area contributed by atoms with E-state index in [0.29, 0.717) is 29.4 Å². The fraction of sp³-hybridized carbons (Fsp3) is 0.240. The van der Waals surface area contributed by atoms with E-state index in [1.54, 1.807) is 40.6 Å². The highest BCUT2D eigenvalue weighted by Crippen LogP contribution is 2.40. The smallest absolute Gasteiger partial charge is 0.251 e. The second-order valence-electron chi connectivity index (χ2n) is 6.97. The van der Waals surface area contributed by atoms with Crippen molar-refractivity contribution in [2.45, 2.75) is 6.42 Å². The largest absolute Gasteiger partial charge is 0.497 e. The molecule has 0 aliphatic heterocycles. The van der Waals surface area contributed by atoms with Crippen molar-refractivity contribution < 1.29 is 23.7 Å². The number of carbonyl (C=O) groups is 1. The van der Waals surface area contributed by atoms with E-state index in [1.807, 2.05) is 48.5 Å². The van der Waals surface area contributed by atoms with Gasteiger partial charge in [0.25, 0.3) is 5.91 Å². The van der Waals surface area contributed by atoms with Gasteiger partial charge in [-0.3, -0.25) is 4.79 Å². The number of hydrogen-bond acceptors (Lipinski definition) is 6. The van der Waals surface area contributed by atoms with Crippen LogP contribution in [0.1, 0.15) is 15.9 Å². The number of anilines is 2. The molecule has 7 heteroatoms. The molecule has 0 unspecified atom stereocenters. The Morgan fingerprint density at radius 3 is 2.06 bits per heavy atom. The third-order valence-corrected chi connectivity index (χ3v) is 4.94. The maximum atomic E-state index is 12.6. The molecule has 7 nitrogen and oxygen atoms in total. The number of amides is 1. The minimum atomic E-state index is -0.132. The van der Waals surface area contributed by atoms with Crippen LogP contribution in [0.4, 0.5) is 11.4 Å². The van der Waals surface area contributed by atoms with Crippen molar-refractivity contribution in [1.82, 2.24) is 5.32 Å². The van der Waals surface area contributed by atoms with Crippen LogP contribution in [-0.2, 0) is 6.42 Å². The van der Waals surface area contributed by atoms with E-state index in [2.05, 4.69) is 10.6 Å². The first-order valence-electron chi connectivity index (χ1n) is 10.2. The van der Waals surface area contributed by atoms with Crippen LogP contribution in [0.2, 0.25) is 0 Å². The van der Waals surface area contributed by atoms with Crippen molar-refractivity contribution in [2.75, 3.05) is 40.3 Å². The van der Waals surface area contributed by atoms with Gasteiger partial charge in [0.15, 0.2) is 11.5 Å². The van der Waals surface area contributed by atoms with Crippen molar-refractivity contribution in [3.8, 4) is 23.0 Å². The molecule has 3 aromatic rings. The molecule has 0 atom stereocenters. The van der Waals surface area contributed by atoms with Gasteiger partial charge in [-0.2, -0.15) is 0 Å². The molecule has 0 saturated heterocycles. The average molecular weight is 437 g/mol. The van der Waals surface area contributed by atoms with Gasteiger partial charge in [0.2, 0.25) is 5.75 Å². The number of ether oxygens (including phenoxy) is 4. The molecule has 0 heterocycles. The zero-order valence-electron chi connectivity index (χ0n) is 18.7. The third-order valence-electron chi connectivity index (χ3n) is 4.94. The lowest BCUT2D eigenvalue weighted by molar-refractivity contribution is 0.0954. The molecule has 0 saturated carbocycles. The first-order valence-corrected chi connectivity index (χ1v) is 10.2. The second-order valence-corrected chi connectivity index (χ2v) is 6.97. The Balaban J connectivity index is 1.65. The molecule has 3 rings (SSSR count). The maximum Gasteiger partial charge on any atom is 0.251 e. The Morgan fingerprint density at radius 2 is 1.47 bits per heavy atom. The van der Waals surface area contributed by atoms with E-state index in [-0.39, 0.29) is 5.91 Å². The minimum absolute atomic E-state index is 0.132. The van der Waals surface area contributed by atoms with Gasteiger partial charge in [0.1, 0.15) is 5.75 Å². The van der Waals surface area contributed by atoms with Gasteiger partial charge < -0.3 is 29.6 Å². The highest BCUT2D eigenvalue weighted by Gasteiger charge is 2.14. The lowest BCUT2D eigenvalue weighted by atomic mass is 10.1. The number of carbonyl (C=O) groups excluding carboxylic acids is 1. The normalized spacial score (nSPS) is 10.2. The Bertz CT molecular complexity index is 1030. The molecule has 0 bridgehead atoms. The summed E-state index contributed by atoms with van der Waals surface area (Å²) in [5.74, 6) is 2.29. The number of methoxy groups -OCH3 is 4.